The number of benzene rings is 4. The SMILES string of the molecule is COc1cccc2oc(-c3nc4ccccc4c(=O)n3N=Cc3cn(CC(=O)Nc4ccccc4C)c4ccccc34)cc12. The van der Waals surface area contributed by atoms with Crippen molar-refractivity contribution in [3.05, 3.63) is 125 Å². The van der Waals surface area contributed by atoms with E-state index < -0.39 is 0 Å². The number of carbonyl (C=O) groups is 1. The van der Waals surface area contributed by atoms with Crippen LogP contribution in [0.3, 0.4) is 0 Å². The van der Waals surface area contributed by atoms with Gasteiger partial charge in [-0.1, -0.05) is 54.6 Å². The topological polar surface area (TPSA) is 104 Å². The first-order valence-electron chi connectivity index (χ1n) is 14.1. The normalized spacial score (nSPS) is 11.6. The number of methoxy groups -OCH3 is 1. The Kier molecular flexibility index (Phi) is 6.75. The summed E-state index contributed by atoms with van der Waals surface area (Å²) >= 11 is 0. The van der Waals surface area contributed by atoms with Gasteiger partial charge >= 0.3 is 0 Å². The number of nitrogens with zero attached hydrogens (tertiary/aromatic N) is 4. The van der Waals surface area contributed by atoms with Gasteiger partial charge in [0.05, 0.1) is 29.6 Å². The Morgan fingerprint density at radius 1 is 0.955 bits per heavy atom. The van der Waals surface area contributed by atoms with Gasteiger partial charge in [-0.05, 0) is 55.0 Å². The molecule has 4 aromatic carbocycles. The van der Waals surface area contributed by atoms with Crippen LogP contribution in [0.1, 0.15) is 11.1 Å². The molecule has 3 aromatic heterocycles. The first-order valence-corrected chi connectivity index (χ1v) is 14.1. The summed E-state index contributed by atoms with van der Waals surface area (Å²) in [4.78, 5) is 31.6. The number of furan rings is 1. The molecule has 0 fully saturated rings. The van der Waals surface area contributed by atoms with Gasteiger partial charge in [0.15, 0.2) is 5.76 Å². The lowest BCUT2D eigenvalue weighted by molar-refractivity contribution is -0.116. The van der Waals surface area contributed by atoms with Crippen molar-refractivity contribution in [1.29, 1.82) is 0 Å². The van der Waals surface area contributed by atoms with E-state index in [4.69, 9.17) is 14.1 Å². The molecule has 0 aliphatic heterocycles. The Morgan fingerprint density at radius 2 is 1.73 bits per heavy atom. The highest BCUT2D eigenvalue weighted by Gasteiger charge is 2.18. The van der Waals surface area contributed by atoms with Crippen LogP contribution in [0.4, 0.5) is 5.69 Å². The third-order valence-electron chi connectivity index (χ3n) is 7.58. The lowest BCUT2D eigenvalue weighted by atomic mass is 10.2. The second kappa shape index (κ2) is 11.0. The molecular formula is C35H27N5O4. The molecule has 0 saturated heterocycles. The van der Waals surface area contributed by atoms with Crippen LogP contribution in [0.15, 0.2) is 118 Å². The third-order valence-corrected chi connectivity index (χ3v) is 7.58. The van der Waals surface area contributed by atoms with E-state index in [1.807, 2.05) is 90.5 Å². The van der Waals surface area contributed by atoms with Gasteiger partial charge in [-0.25, -0.2) is 4.98 Å². The molecule has 1 amide bonds. The van der Waals surface area contributed by atoms with Gasteiger partial charge in [0.25, 0.3) is 5.56 Å². The van der Waals surface area contributed by atoms with Crippen molar-refractivity contribution in [3.63, 3.8) is 0 Å². The minimum absolute atomic E-state index is 0.103. The zero-order valence-corrected chi connectivity index (χ0v) is 24.0. The van der Waals surface area contributed by atoms with Gasteiger partial charge < -0.3 is 19.0 Å². The molecule has 9 heteroatoms. The maximum absolute atomic E-state index is 13.8. The molecule has 0 atom stereocenters. The molecule has 1 N–H and O–H groups in total. The third kappa shape index (κ3) is 4.80. The van der Waals surface area contributed by atoms with E-state index in [0.717, 1.165) is 33.1 Å². The highest BCUT2D eigenvalue weighted by Crippen LogP contribution is 2.33. The number of hydrogen-bond acceptors (Lipinski definition) is 6. The molecule has 3 heterocycles. The molecule has 0 radical (unpaired) electrons. The van der Waals surface area contributed by atoms with Crippen molar-refractivity contribution < 1.29 is 13.9 Å². The van der Waals surface area contributed by atoms with Crippen LogP contribution in [0.25, 0.3) is 44.4 Å². The van der Waals surface area contributed by atoms with Crippen LogP contribution in [0.2, 0.25) is 0 Å². The second-order valence-corrected chi connectivity index (χ2v) is 10.4. The van der Waals surface area contributed by atoms with Crippen molar-refractivity contribution in [3.8, 4) is 17.3 Å². The minimum atomic E-state index is -0.337. The van der Waals surface area contributed by atoms with Crippen LogP contribution in [-0.4, -0.2) is 33.5 Å². The van der Waals surface area contributed by atoms with Gasteiger partial charge in [-0.15, -0.1) is 0 Å². The smallest absolute Gasteiger partial charge is 0.282 e. The standard InChI is InChI=1S/C35H27N5O4/c1-22-10-3-6-13-27(22)37-33(41)21-39-20-23(24-11-5-8-15-29(24)39)19-36-40-34(38-28-14-7-4-12-25(28)35(40)42)32-18-26-30(43-2)16-9-17-31(26)44-32/h3-20H,21H2,1-2H3,(H,37,41). The molecule has 0 bridgehead atoms. The maximum atomic E-state index is 13.8. The van der Waals surface area contributed by atoms with Gasteiger partial charge in [0, 0.05) is 28.4 Å². The average Bonchev–Trinajstić information content (AvgIpc) is 3.63. The van der Waals surface area contributed by atoms with Gasteiger partial charge in [0.2, 0.25) is 11.7 Å². The number of carbonyl (C=O) groups excluding carboxylic acids is 1. The number of aromatic nitrogens is 3. The molecule has 216 valence electrons. The number of aryl methyl sites for hydroxylation is 1. The van der Waals surface area contributed by atoms with Gasteiger partial charge in [-0.3, -0.25) is 9.59 Å². The summed E-state index contributed by atoms with van der Waals surface area (Å²) in [5, 5.41) is 9.72. The summed E-state index contributed by atoms with van der Waals surface area (Å²) < 4.78 is 14.8. The molecule has 0 unspecified atom stereocenters. The number of ether oxygens (including phenoxy) is 1. The zero-order valence-electron chi connectivity index (χ0n) is 24.0. The molecule has 0 spiro atoms. The Labute approximate surface area is 251 Å². The minimum Gasteiger partial charge on any atom is -0.496 e. The van der Waals surface area contributed by atoms with Crippen LogP contribution < -0.4 is 15.6 Å². The Balaban J connectivity index is 1.31. The molecule has 7 rings (SSSR count). The van der Waals surface area contributed by atoms with Crippen LogP contribution >= 0.6 is 0 Å². The highest BCUT2D eigenvalue weighted by atomic mass is 16.5. The summed E-state index contributed by atoms with van der Waals surface area (Å²) in [6, 6.07) is 29.9. The number of rotatable bonds is 7. The maximum Gasteiger partial charge on any atom is 0.282 e. The number of para-hydroxylation sites is 3. The lowest BCUT2D eigenvalue weighted by Crippen LogP contribution is -2.20. The molecular weight excluding hydrogens is 554 g/mol. The fourth-order valence-electron chi connectivity index (χ4n) is 5.40. The number of hydrogen-bond donors (Lipinski definition) is 1. The lowest BCUT2D eigenvalue weighted by Gasteiger charge is -2.09. The second-order valence-electron chi connectivity index (χ2n) is 10.4. The van der Waals surface area contributed by atoms with Gasteiger partial charge in [0.1, 0.15) is 17.9 Å². The van der Waals surface area contributed by atoms with Crippen molar-refractivity contribution in [1.82, 2.24) is 14.2 Å². The van der Waals surface area contributed by atoms with E-state index in [-0.39, 0.29) is 23.8 Å². The molecule has 9 nitrogen and oxygen atoms in total. The monoisotopic (exact) mass is 581 g/mol. The number of anilines is 1. The van der Waals surface area contributed by atoms with Crippen LogP contribution in [-0.2, 0) is 11.3 Å². The average molecular weight is 582 g/mol. The number of fused-ring (bicyclic) bond motifs is 3. The molecule has 0 aliphatic carbocycles. The van der Waals surface area contributed by atoms with Crippen molar-refractivity contribution >= 4 is 50.6 Å². The highest BCUT2D eigenvalue weighted by molar-refractivity contribution is 6.01. The molecule has 44 heavy (non-hydrogen) atoms. The summed E-state index contributed by atoms with van der Waals surface area (Å²) in [6.45, 7) is 2.06. The van der Waals surface area contributed by atoms with E-state index in [0.29, 0.717) is 28.0 Å². The summed E-state index contributed by atoms with van der Waals surface area (Å²) in [5.74, 6) is 1.13. The van der Waals surface area contributed by atoms with Crippen molar-refractivity contribution in [2.75, 3.05) is 12.4 Å². The largest absolute Gasteiger partial charge is 0.496 e. The Hall–Kier alpha value is -5.96. The van der Waals surface area contributed by atoms with E-state index in [1.54, 1.807) is 37.6 Å². The van der Waals surface area contributed by atoms with E-state index in [9.17, 15) is 9.59 Å². The fourth-order valence-corrected chi connectivity index (χ4v) is 5.40. The Bertz CT molecular complexity index is 2290. The summed E-state index contributed by atoms with van der Waals surface area (Å²) in [5.41, 5.74) is 4.15. The predicted octanol–water partition coefficient (Wildman–Crippen LogP) is 6.60. The number of amides is 1. The van der Waals surface area contributed by atoms with E-state index in [2.05, 4.69) is 10.4 Å². The van der Waals surface area contributed by atoms with Crippen LogP contribution in [0.5, 0.6) is 5.75 Å². The quantitative estimate of drug-likeness (QED) is 0.214. The van der Waals surface area contributed by atoms with E-state index >= 15 is 0 Å². The van der Waals surface area contributed by atoms with Gasteiger partial charge in [-0.2, -0.15) is 9.78 Å². The summed E-state index contributed by atoms with van der Waals surface area (Å²) in [6.07, 6.45) is 3.47. The zero-order chi connectivity index (χ0) is 30.2. The van der Waals surface area contributed by atoms with Crippen LogP contribution in [0, 0.1) is 6.92 Å². The number of nitrogens with one attached hydrogen (secondary N) is 1. The fraction of sp³-hybridized carbons (Fsp3) is 0.0857. The molecule has 0 saturated carbocycles. The summed E-state index contributed by atoms with van der Waals surface area (Å²) in [7, 11) is 1.60. The molecule has 0 aliphatic rings. The molecule has 7 aromatic rings. The van der Waals surface area contributed by atoms with Crippen molar-refractivity contribution in [2.24, 2.45) is 5.10 Å². The predicted molar refractivity (Wildman–Crippen MR) is 173 cm³/mol. The first kappa shape index (κ1) is 26.9. The first-order chi connectivity index (χ1) is 21.5. The Morgan fingerprint density at radius 3 is 2.57 bits per heavy atom. The van der Waals surface area contributed by atoms with E-state index in [1.165, 1.54) is 4.68 Å². The van der Waals surface area contributed by atoms with Crippen molar-refractivity contribution in [2.45, 2.75) is 13.5 Å².